The number of nitrogens with two attached hydrogens (primary N) is 1. The fraction of sp³-hybridized carbons (Fsp3) is 0.615. The van der Waals surface area contributed by atoms with Crippen molar-refractivity contribution in [1.29, 1.82) is 0 Å². The fourth-order valence-corrected chi connectivity index (χ4v) is 1.52. The van der Waals surface area contributed by atoms with Crippen LogP contribution in [0, 0.1) is 0 Å². The van der Waals surface area contributed by atoms with E-state index in [-0.39, 0.29) is 12.8 Å². The third-order valence-electron chi connectivity index (χ3n) is 2.92. The first-order valence-corrected chi connectivity index (χ1v) is 7.12. The Hall–Kier alpha value is -2.69. The minimum atomic E-state index is -1.22. The van der Waals surface area contributed by atoms with E-state index in [9.17, 15) is 24.0 Å². The van der Waals surface area contributed by atoms with Crippen LogP contribution in [0.4, 0.5) is 0 Å². The van der Waals surface area contributed by atoms with E-state index in [1.807, 2.05) is 0 Å². The van der Waals surface area contributed by atoms with Gasteiger partial charge in [0.05, 0.1) is 6.04 Å². The zero-order chi connectivity index (χ0) is 18.9. The van der Waals surface area contributed by atoms with Crippen molar-refractivity contribution in [3.05, 3.63) is 0 Å². The summed E-state index contributed by atoms with van der Waals surface area (Å²) in [6.07, 6.45) is -0.362. The van der Waals surface area contributed by atoms with E-state index in [1.54, 1.807) is 0 Å². The van der Waals surface area contributed by atoms with Crippen molar-refractivity contribution in [3.63, 3.8) is 0 Å². The monoisotopic (exact) mass is 346 g/mol. The van der Waals surface area contributed by atoms with Gasteiger partial charge in [-0.1, -0.05) is 0 Å². The van der Waals surface area contributed by atoms with Gasteiger partial charge in [-0.15, -0.1) is 0 Å². The second-order valence-corrected chi connectivity index (χ2v) is 5.11. The van der Waals surface area contributed by atoms with E-state index in [2.05, 4.69) is 16.0 Å². The van der Waals surface area contributed by atoms with Crippen LogP contribution in [-0.2, 0) is 24.0 Å². The van der Waals surface area contributed by atoms with Crippen molar-refractivity contribution in [2.45, 2.75) is 44.8 Å². The van der Waals surface area contributed by atoms with Gasteiger partial charge >= 0.3 is 11.9 Å². The van der Waals surface area contributed by atoms with Crippen LogP contribution >= 0.6 is 0 Å². The Kier molecular flexibility index (Phi) is 9.02. The summed E-state index contributed by atoms with van der Waals surface area (Å²) in [5.74, 6) is -4.38. The summed E-state index contributed by atoms with van der Waals surface area (Å²) in [6, 6.07) is -3.09. The summed E-state index contributed by atoms with van der Waals surface area (Å²) >= 11 is 0. The highest BCUT2D eigenvalue weighted by Gasteiger charge is 2.23. The molecule has 0 aliphatic heterocycles. The minimum absolute atomic E-state index is 0.0799. The van der Waals surface area contributed by atoms with E-state index in [4.69, 9.17) is 15.9 Å². The van der Waals surface area contributed by atoms with Crippen molar-refractivity contribution in [2.24, 2.45) is 5.73 Å². The predicted molar refractivity (Wildman–Crippen MR) is 80.7 cm³/mol. The Labute approximate surface area is 138 Å². The number of carbonyl (C=O) groups is 5. The number of aliphatic carboxylic acids is 2. The summed E-state index contributed by atoms with van der Waals surface area (Å²) in [6.45, 7) is 2.13. The molecule has 0 heterocycles. The summed E-state index contributed by atoms with van der Waals surface area (Å²) in [5.41, 5.74) is 5.50. The molecule has 7 N–H and O–H groups in total. The highest BCUT2D eigenvalue weighted by atomic mass is 16.4. The second-order valence-electron chi connectivity index (χ2n) is 5.11. The van der Waals surface area contributed by atoms with E-state index in [0.717, 1.165) is 0 Å². The molecule has 0 aromatic heterocycles. The van der Waals surface area contributed by atoms with E-state index in [1.165, 1.54) is 13.8 Å². The molecular weight excluding hydrogens is 324 g/mol. The average Bonchev–Trinajstić information content (AvgIpc) is 2.49. The molecule has 24 heavy (non-hydrogen) atoms. The number of nitrogens with one attached hydrogen (secondary N) is 3. The molecule has 0 aromatic rings. The number of rotatable bonds is 10. The van der Waals surface area contributed by atoms with Crippen LogP contribution in [0.2, 0.25) is 0 Å². The standard InChI is InChI=1S/C13H22N4O7/c1-6(11(22)15-5-10(20)21)16-12(23)7(2)17-13(24)8(14)3-4-9(18)19/h6-8H,3-5,14H2,1-2H3,(H,15,22)(H,16,23)(H,17,24)(H,18,19)(H,20,21). The number of hydrogen-bond donors (Lipinski definition) is 6. The van der Waals surface area contributed by atoms with Crippen LogP contribution in [0.5, 0.6) is 0 Å². The van der Waals surface area contributed by atoms with Crippen LogP contribution in [0.15, 0.2) is 0 Å². The first-order chi connectivity index (χ1) is 11.0. The van der Waals surface area contributed by atoms with Gasteiger partial charge in [-0.25, -0.2) is 0 Å². The number of carbonyl (C=O) groups excluding carboxylic acids is 3. The minimum Gasteiger partial charge on any atom is -0.481 e. The molecule has 3 unspecified atom stereocenters. The highest BCUT2D eigenvalue weighted by molar-refractivity contribution is 5.93. The molecule has 11 nitrogen and oxygen atoms in total. The van der Waals surface area contributed by atoms with Gasteiger partial charge in [0.25, 0.3) is 0 Å². The van der Waals surface area contributed by atoms with Crippen molar-refractivity contribution >= 4 is 29.7 Å². The van der Waals surface area contributed by atoms with Crippen molar-refractivity contribution in [1.82, 2.24) is 16.0 Å². The van der Waals surface area contributed by atoms with Gasteiger partial charge in [0.15, 0.2) is 0 Å². The Morgan fingerprint density at radius 3 is 1.88 bits per heavy atom. The molecule has 0 aliphatic carbocycles. The van der Waals surface area contributed by atoms with E-state index in [0.29, 0.717) is 0 Å². The lowest BCUT2D eigenvalue weighted by atomic mass is 10.1. The molecule has 0 aromatic carbocycles. The summed E-state index contributed by atoms with van der Waals surface area (Å²) in [4.78, 5) is 55.9. The van der Waals surface area contributed by atoms with Crippen molar-refractivity contribution in [3.8, 4) is 0 Å². The number of amides is 3. The van der Waals surface area contributed by atoms with Gasteiger partial charge in [0, 0.05) is 6.42 Å². The average molecular weight is 346 g/mol. The van der Waals surface area contributed by atoms with Crippen LogP contribution < -0.4 is 21.7 Å². The smallest absolute Gasteiger partial charge is 0.322 e. The molecule has 136 valence electrons. The normalized spacial score (nSPS) is 14.0. The van der Waals surface area contributed by atoms with Gasteiger partial charge in [0.1, 0.15) is 18.6 Å². The predicted octanol–water partition coefficient (Wildman–Crippen LogP) is -2.61. The lowest BCUT2D eigenvalue weighted by Crippen LogP contribution is -2.54. The maximum atomic E-state index is 11.9. The molecule has 0 fully saturated rings. The summed E-state index contributed by atoms with van der Waals surface area (Å²) in [7, 11) is 0. The van der Waals surface area contributed by atoms with Crippen molar-refractivity contribution < 1.29 is 34.2 Å². The third-order valence-corrected chi connectivity index (χ3v) is 2.92. The van der Waals surface area contributed by atoms with E-state index >= 15 is 0 Å². The topological polar surface area (TPSA) is 188 Å². The molecular formula is C13H22N4O7. The van der Waals surface area contributed by atoms with Gasteiger partial charge in [-0.2, -0.15) is 0 Å². The zero-order valence-corrected chi connectivity index (χ0v) is 13.4. The molecule has 3 atom stereocenters. The summed E-state index contributed by atoms with van der Waals surface area (Å²) < 4.78 is 0. The Balaban J connectivity index is 4.35. The fourth-order valence-electron chi connectivity index (χ4n) is 1.52. The van der Waals surface area contributed by atoms with E-state index < -0.39 is 54.3 Å². The Morgan fingerprint density at radius 1 is 0.875 bits per heavy atom. The van der Waals surface area contributed by atoms with Crippen LogP contribution in [0.25, 0.3) is 0 Å². The second kappa shape index (κ2) is 10.2. The molecule has 11 heteroatoms. The molecule has 0 bridgehead atoms. The molecule has 3 amide bonds. The first-order valence-electron chi connectivity index (χ1n) is 7.12. The number of hydrogen-bond acceptors (Lipinski definition) is 6. The maximum Gasteiger partial charge on any atom is 0.322 e. The largest absolute Gasteiger partial charge is 0.481 e. The highest BCUT2D eigenvalue weighted by Crippen LogP contribution is 1.96. The SMILES string of the molecule is CC(NC(=O)C(N)CCC(=O)O)C(=O)NC(C)C(=O)NCC(=O)O. The first kappa shape index (κ1) is 21.3. The molecule has 0 radical (unpaired) electrons. The Bertz CT molecular complexity index is 509. The molecule has 0 rings (SSSR count). The Morgan fingerprint density at radius 2 is 1.38 bits per heavy atom. The number of carboxylic acids is 2. The molecule has 0 saturated heterocycles. The maximum absolute atomic E-state index is 11.9. The van der Waals surface area contributed by atoms with Gasteiger partial charge in [-0.3, -0.25) is 24.0 Å². The zero-order valence-electron chi connectivity index (χ0n) is 13.4. The quantitative estimate of drug-likeness (QED) is 0.248. The van der Waals surface area contributed by atoms with Crippen LogP contribution in [0.3, 0.4) is 0 Å². The van der Waals surface area contributed by atoms with Crippen LogP contribution in [-0.4, -0.2) is 64.5 Å². The number of carboxylic acid groups (broad SMARTS) is 2. The van der Waals surface area contributed by atoms with Gasteiger partial charge in [-0.05, 0) is 20.3 Å². The van der Waals surface area contributed by atoms with Gasteiger partial charge < -0.3 is 31.9 Å². The molecule has 0 saturated carbocycles. The van der Waals surface area contributed by atoms with Gasteiger partial charge in [0.2, 0.25) is 17.7 Å². The lowest BCUT2D eigenvalue weighted by Gasteiger charge is -2.19. The van der Waals surface area contributed by atoms with Crippen LogP contribution in [0.1, 0.15) is 26.7 Å². The van der Waals surface area contributed by atoms with Crippen molar-refractivity contribution in [2.75, 3.05) is 6.54 Å². The molecule has 0 spiro atoms. The molecule has 0 aliphatic rings. The lowest BCUT2D eigenvalue weighted by molar-refractivity contribution is -0.139. The summed E-state index contributed by atoms with van der Waals surface area (Å²) in [5, 5.41) is 23.7. The third kappa shape index (κ3) is 8.68.